The van der Waals surface area contributed by atoms with E-state index in [-0.39, 0.29) is 6.09 Å². The van der Waals surface area contributed by atoms with Gasteiger partial charge < -0.3 is 4.74 Å². The summed E-state index contributed by atoms with van der Waals surface area (Å²) in [6.07, 6.45) is -0.194. The van der Waals surface area contributed by atoms with Crippen molar-refractivity contribution < 1.29 is 14.1 Å². The van der Waals surface area contributed by atoms with E-state index in [2.05, 4.69) is 18.4 Å². The Bertz CT molecular complexity index is 289. The van der Waals surface area contributed by atoms with Crippen LogP contribution in [0.2, 0.25) is 0 Å². The van der Waals surface area contributed by atoms with Crippen LogP contribution in [0.1, 0.15) is 34.6 Å². The van der Waals surface area contributed by atoms with Gasteiger partial charge in [-0.25, -0.2) is 9.37 Å². The number of carbonyl (C=O) groups excluding carboxylic acids is 1. The Labute approximate surface area is 97.9 Å². The van der Waals surface area contributed by atoms with Crippen LogP contribution in [0, 0.1) is 0 Å². The summed E-state index contributed by atoms with van der Waals surface area (Å²) < 4.78 is 7.63. The molecule has 0 atom stereocenters. The van der Waals surface area contributed by atoms with Crippen LogP contribution in [0.4, 0.5) is 4.79 Å². The van der Waals surface area contributed by atoms with Crippen molar-refractivity contribution in [3.63, 3.8) is 0 Å². The molecule has 0 aromatic rings. The van der Waals surface area contributed by atoms with E-state index in [1.807, 2.05) is 20.8 Å². The minimum absolute atomic E-state index is 0.194. The molecular weight excluding hydrogens is 204 g/mol. The van der Waals surface area contributed by atoms with E-state index in [0.717, 1.165) is 26.2 Å². The lowest BCUT2D eigenvalue weighted by molar-refractivity contribution is -0.539. The molecule has 1 saturated heterocycles. The number of carbonyl (C=O) groups is 1. The fourth-order valence-electron chi connectivity index (χ4n) is 1.66. The Morgan fingerprint density at radius 2 is 1.69 bits per heavy atom. The molecule has 4 nitrogen and oxygen atoms in total. The van der Waals surface area contributed by atoms with Gasteiger partial charge in [-0.2, -0.15) is 0 Å². The van der Waals surface area contributed by atoms with Gasteiger partial charge in [0.15, 0.2) is 13.1 Å². The molecule has 0 radical (unpaired) electrons. The Balaban J connectivity index is 2.49. The standard InChI is InChI=1S/C12H23N2O2/c1-10(2)13-6-8-14(9-7-13)11(15)16-12(3,4)5/h6-9H2,1-5H3/q+1. The molecule has 1 aliphatic heterocycles. The zero-order chi connectivity index (χ0) is 12.3. The van der Waals surface area contributed by atoms with E-state index in [1.54, 1.807) is 4.90 Å². The molecule has 0 aliphatic carbocycles. The van der Waals surface area contributed by atoms with E-state index >= 15 is 0 Å². The summed E-state index contributed by atoms with van der Waals surface area (Å²) in [7, 11) is 0. The van der Waals surface area contributed by atoms with Crippen molar-refractivity contribution in [2.24, 2.45) is 0 Å². The summed E-state index contributed by atoms with van der Waals surface area (Å²) in [5.41, 5.74) is 0.907. The van der Waals surface area contributed by atoms with Crippen molar-refractivity contribution in [2.75, 3.05) is 26.2 Å². The van der Waals surface area contributed by atoms with E-state index in [4.69, 9.17) is 4.74 Å². The van der Waals surface area contributed by atoms with E-state index in [1.165, 1.54) is 5.71 Å². The maximum absolute atomic E-state index is 11.8. The highest BCUT2D eigenvalue weighted by atomic mass is 16.6. The van der Waals surface area contributed by atoms with Gasteiger partial charge in [0.1, 0.15) is 11.3 Å². The number of piperazine rings is 1. The molecule has 0 aromatic carbocycles. The van der Waals surface area contributed by atoms with Gasteiger partial charge in [-0.3, -0.25) is 4.90 Å². The fraction of sp³-hybridized carbons (Fsp3) is 0.833. The molecule has 0 saturated carbocycles. The van der Waals surface area contributed by atoms with Gasteiger partial charge in [0, 0.05) is 13.8 Å². The monoisotopic (exact) mass is 227 g/mol. The minimum atomic E-state index is -0.402. The molecule has 0 N–H and O–H groups in total. The molecule has 92 valence electrons. The van der Waals surface area contributed by atoms with E-state index in [9.17, 15) is 4.79 Å². The third-order valence-corrected chi connectivity index (χ3v) is 2.56. The zero-order valence-corrected chi connectivity index (χ0v) is 11.0. The van der Waals surface area contributed by atoms with Gasteiger partial charge in [-0.15, -0.1) is 0 Å². The van der Waals surface area contributed by atoms with Gasteiger partial charge in [-0.1, -0.05) is 0 Å². The molecule has 1 amide bonds. The lowest BCUT2D eigenvalue weighted by atomic mass is 10.2. The molecular formula is C12H23N2O2+. The van der Waals surface area contributed by atoms with Crippen LogP contribution in [0.25, 0.3) is 0 Å². The molecule has 16 heavy (non-hydrogen) atoms. The number of nitrogens with zero attached hydrogens (tertiary/aromatic N) is 2. The van der Waals surface area contributed by atoms with Crippen LogP contribution in [-0.2, 0) is 4.74 Å². The topological polar surface area (TPSA) is 32.5 Å². The molecule has 4 heteroatoms. The Hall–Kier alpha value is -1.06. The van der Waals surface area contributed by atoms with Gasteiger partial charge in [0.25, 0.3) is 0 Å². The second kappa shape index (κ2) is 4.85. The maximum Gasteiger partial charge on any atom is 0.410 e. The third-order valence-electron chi connectivity index (χ3n) is 2.56. The van der Waals surface area contributed by atoms with E-state index < -0.39 is 5.60 Å². The van der Waals surface area contributed by atoms with Crippen molar-refractivity contribution in [3.8, 4) is 0 Å². The molecule has 0 bridgehead atoms. The van der Waals surface area contributed by atoms with Gasteiger partial charge in [0.05, 0.1) is 13.1 Å². The normalized spacial score (nSPS) is 17.3. The van der Waals surface area contributed by atoms with Crippen molar-refractivity contribution in [1.82, 2.24) is 4.90 Å². The lowest BCUT2D eigenvalue weighted by Gasteiger charge is -2.29. The minimum Gasteiger partial charge on any atom is -0.444 e. The molecule has 0 aromatic heterocycles. The molecule has 0 spiro atoms. The number of rotatable bonds is 0. The first-order valence-electron chi connectivity index (χ1n) is 5.82. The Morgan fingerprint density at radius 1 is 1.19 bits per heavy atom. The summed E-state index contributed by atoms with van der Waals surface area (Å²) in [6, 6.07) is 0. The number of hydrogen-bond donors (Lipinski definition) is 0. The summed E-state index contributed by atoms with van der Waals surface area (Å²) in [6.45, 7) is 13.2. The fourth-order valence-corrected chi connectivity index (χ4v) is 1.66. The van der Waals surface area contributed by atoms with Gasteiger partial charge >= 0.3 is 6.09 Å². The van der Waals surface area contributed by atoms with Crippen molar-refractivity contribution in [3.05, 3.63) is 0 Å². The predicted molar refractivity (Wildman–Crippen MR) is 64.2 cm³/mol. The molecule has 1 heterocycles. The second-order valence-corrected chi connectivity index (χ2v) is 5.40. The summed E-state index contributed by atoms with van der Waals surface area (Å²) in [5.74, 6) is 0. The highest BCUT2D eigenvalue weighted by Crippen LogP contribution is 2.10. The van der Waals surface area contributed by atoms with Crippen molar-refractivity contribution in [1.29, 1.82) is 0 Å². The van der Waals surface area contributed by atoms with Gasteiger partial charge in [-0.05, 0) is 20.8 Å². The summed E-state index contributed by atoms with van der Waals surface area (Å²) in [5, 5.41) is 0. The van der Waals surface area contributed by atoms with E-state index in [0.29, 0.717) is 0 Å². The van der Waals surface area contributed by atoms with Crippen molar-refractivity contribution in [2.45, 2.75) is 40.2 Å². The molecule has 1 fully saturated rings. The number of hydrogen-bond acceptors (Lipinski definition) is 2. The highest BCUT2D eigenvalue weighted by Gasteiger charge is 2.27. The molecule has 1 rings (SSSR count). The number of amides is 1. The lowest BCUT2D eigenvalue weighted by Crippen LogP contribution is -2.47. The van der Waals surface area contributed by atoms with Crippen LogP contribution in [0.5, 0.6) is 0 Å². The van der Waals surface area contributed by atoms with Crippen molar-refractivity contribution >= 4 is 11.8 Å². The molecule has 1 aliphatic rings. The van der Waals surface area contributed by atoms with Crippen LogP contribution >= 0.6 is 0 Å². The van der Waals surface area contributed by atoms with Crippen LogP contribution < -0.4 is 0 Å². The summed E-state index contributed by atoms with van der Waals surface area (Å²) in [4.78, 5) is 13.6. The SMILES string of the molecule is CC(C)=[N+]1CCN(C(=O)OC(C)(C)C)CC1. The average Bonchev–Trinajstić information content (AvgIpc) is 2.15. The maximum atomic E-state index is 11.8. The zero-order valence-electron chi connectivity index (χ0n) is 11.0. The Kier molecular flexibility index (Phi) is 3.94. The number of ether oxygens (including phenoxy) is 1. The predicted octanol–water partition coefficient (Wildman–Crippen LogP) is 1.73. The first kappa shape index (κ1) is 13.0. The first-order valence-corrected chi connectivity index (χ1v) is 5.82. The average molecular weight is 227 g/mol. The first-order chi connectivity index (χ1) is 7.29. The highest BCUT2D eigenvalue weighted by molar-refractivity contribution is 5.74. The molecule has 0 unspecified atom stereocenters. The Morgan fingerprint density at radius 3 is 2.06 bits per heavy atom. The quantitative estimate of drug-likeness (QED) is 0.590. The largest absolute Gasteiger partial charge is 0.444 e. The van der Waals surface area contributed by atoms with Crippen LogP contribution in [-0.4, -0.2) is 53.1 Å². The van der Waals surface area contributed by atoms with Crippen LogP contribution in [0.3, 0.4) is 0 Å². The second-order valence-electron chi connectivity index (χ2n) is 5.40. The third kappa shape index (κ3) is 3.83. The summed E-state index contributed by atoms with van der Waals surface area (Å²) >= 11 is 0. The van der Waals surface area contributed by atoms with Crippen LogP contribution in [0.15, 0.2) is 0 Å². The van der Waals surface area contributed by atoms with Gasteiger partial charge in [0.2, 0.25) is 0 Å². The smallest absolute Gasteiger partial charge is 0.410 e.